The number of carbonyl (C=O) groups excluding carboxylic acids is 3. The van der Waals surface area contributed by atoms with Gasteiger partial charge >= 0.3 is 11.8 Å². The molecule has 10 heteroatoms. The highest BCUT2D eigenvalue weighted by molar-refractivity contribution is 5.85. The lowest BCUT2D eigenvalue weighted by atomic mass is 10.0. The molecule has 198 valence electrons. The minimum absolute atomic E-state index is 0.114. The SMILES string of the molecule is CNC(=O)C(CCC=O)n1c(=O)n(C)c2c(CN3CCC(N(C)C(=O)OC(C)(C)C)CC3)cccc21. The van der Waals surface area contributed by atoms with Crippen molar-refractivity contribution in [2.24, 2.45) is 7.05 Å². The molecular formula is C26H39N5O5. The molecule has 10 nitrogen and oxygen atoms in total. The normalized spacial score (nSPS) is 16.1. The molecule has 1 atom stereocenters. The molecule has 0 aliphatic carbocycles. The lowest BCUT2D eigenvalue weighted by Gasteiger charge is -2.37. The molecule has 1 aliphatic heterocycles. The quantitative estimate of drug-likeness (QED) is 0.557. The molecule has 1 unspecified atom stereocenters. The summed E-state index contributed by atoms with van der Waals surface area (Å²) in [5.41, 5.74) is 1.65. The molecule has 1 N–H and O–H groups in total. The molecule has 1 saturated heterocycles. The Morgan fingerprint density at radius 2 is 1.92 bits per heavy atom. The van der Waals surface area contributed by atoms with Crippen LogP contribution >= 0.6 is 0 Å². The van der Waals surface area contributed by atoms with Crippen molar-refractivity contribution in [3.05, 3.63) is 34.2 Å². The predicted molar refractivity (Wildman–Crippen MR) is 138 cm³/mol. The van der Waals surface area contributed by atoms with E-state index < -0.39 is 11.6 Å². The van der Waals surface area contributed by atoms with Gasteiger partial charge in [-0.1, -0.05) is 12.1 Å². The predicted octanol–water partition coefficient (Wildman–Crippen LogP) is 2.44. The lowest BCUT2D eigenvalue weighted by molar-refractivity contribution is -0.124. The number of ether oxygens (including phenoxy) is 1. The molecule has 0 spiro atoms. The zero-order chi connectivity index (χ0) is 26.6. The number of aromatic nitrogens is 2. The minimum Gasteiger partial charge on any atom is -0.444 e. The number of hydrogen-bond donors (Lipinski definition) is 1. The zero-order valence-corrected chi connectivity index (χ0v) is 22.2. The van der Waals surface area contributed by atoms with Crippen LogP contribution in [0.15, 0.2) is 23.0 Å². The van der Waals surface area contributed by atoms with Gasteiger partial charge in [-0.05, 0) is 51.7 Å². The molecule has 0 saturated carbocycles. The van der Waals surface area contributed by atoms with Crippen LogP contribution in [0.2, 0.25) is 0 Å². The molecule has 3 rings (SSSR count). The van der Waals surface area contributed by atoms with E-state index in [1.165, 1.54) is 11.6 Å². The van der Waals surface area contributed by atoms with Crippen LogP contribution in [0.1, 0.15) is 58.1 Å². The number of rotatable bonds is 8. The second kappa shape index (κ2) is 11.3. The number of para-hydroxylation sites is 1. The summed E-state index contributed by atoms with van der Waals surface area (Å²) >= 11 is 0. The third-order valence-corrected chi connectivity index (χ3v) is 6.79. The summed E-state index contributed by atoms with van der Waals surface area (Å²) in [7, 11) is 5.04. The smallest absolute Gasteiger partial charge is 0.410 e. The van der Waals surface area contributed by atoms with Crippen molar-refractivity contribution in [1.82, 2.24) is 24.3 Å². The maximum Gasteiger partial charge on any atom is 0.410 e. The van der Waals surface area contributed by atoms with Crippen LogP contribution in [0.3, 0.4) is 0 Å². The zero-order valence-electron chi connectivity index (χ0n) is 22.2. The highest BCUT2D eigenvalue weighted by atomic mass is 16.6. The van der Waals surface area contributed by atoms with E-state index in [1.807, 2.05) is 39.0 Å². The number of aldehydes is 1. The summed E-state index contributed by atoms with van der Waals surface area (Å²) < 4.78 is 8.60. The van der Waals surface area contributed by atoms with Gasteiger partial charge < -0.3 is 19.7 Å². The largest absolute Gasteiger partial charge is 0.444 e. The number of likely N-dealkylation sites (tertiary alicyclic amines) is 1. The Morgan fingerprint density at radius 1 is 1.25 bits per heavy atom. The highest BCUT2D eigenvalue weighted by Gasteiger charge is 2.30. The fraction of sp³-hybridized carbons (Fsp3) is 0.615. The van der Waals surface area contributed by atoms with E-state index in [-0.39, 0.29) is 36.6 Å². The Bertz CT molecular complexity index is 1150. The van der Waals surface area contributed by atoms with Crippen LogP contribution in [0.25, 0.3) is 11.0 Å². The second-order valence-electron chi connectivity index (χ2n) is 10.5. The Balaban J connectivity index is 1.79. The van der Waals surface area contributed by atoms with E-state index in [0.717, 1.165) is 43.3 Å². The first-order chi connectivity index (χ1) is 17.0. The number of piperidine rings is 1. The first-order valence-corrected chi connectivity index (χ1v) is 12.5. The number of carbonyl (C=O) groups is 3. The van der Waals surface area contributed by atoms with Gasteiger partial charge in [0.2, 0.25) is 5.91 Å². The van der Waals surface area contributed by atoms with Crippen molar-refractivity contribution in [3.8, 4) is 0 Å². The minimum atomic E-state index is -0.759. The van der Waals surface area contributed by atoms with Gasteiger partial charge in [-0.25, -0.2) is 9.59 Å². The van der Waals surface area contributed by atoms with E-state index in [4.69, 9.17) is 4.74 Å². The number of hydrogen-bond acceptors (Lipinski definition) is 6. The van der Waals surface area contributed by atoms with Crippen LogP contribution in [0, 0.1) is 0 Å². The van der Waals surface area contributed by atoms with E-state index >= 15 is 0 Å². The van der Waals surface area contributed by atoms with Crippen LogP contribution in [-0.2, 0) is 27.9 Å². The molecule has 0 radical (unpaired) electrons. The van der Waals surface area contributed by atoms with E-state index in [0.29, 0.717) is 12.1 Å². The molecule has 0 bridgehead atoms. The second-order valence-corrected chi connectivity index (χ2v) is 10.5. The average molecular weight is 502 g/mol. The standard InChI is InChI=1S/C26H39N5O5/c1-26(2,3)36-25(35)28(5)19-12-14-30(15-13-19)17-18-9-7-10-20-22(18)29(6)24(34)31(20)21(11-8-16-32)23(33)27-4/h7,9-10,16,19,21H,8,11-15,17H2,1-6H3,(H,27,33). The Morgan fingerprint density at radius 3 is 2.50 bits per heavy atom. The van der Waals surface area contributed by atoms with Crippen molar-refractivity contribution < 1.29 is 19.1 Å². The molecule has 2 amide bonds. The van der Waals surface area contributed by atoms with Crippen molar-refractivity contribution in [1.29, 1.82) is 0 Å². The molecule has 1 aromatic heterocycles. The maximum atomic E-state index is 13.2. The summed E-state index contributed by atoms with van der Waals surface area (Å²) in [4.78, 5) is 53.3. The highest BCUT2D eigenvalue weighted by Crippen LogP contribution is 2.26. The van der Waals surface area contributed by atoms with Crippen molar-refractivity contribution in [2.75, 3.05) is 27.2 Å². The van der Waals surface area contributed by atoms with Gasteiger partial charge in [0, 0.05) is 53.2 Å². The summed E-state index contributed by atoms with van der Waals surface area (Å²) in [6.07, 6.45) is 2.56. The van der Waals surface area contributed by atoms with E-state index in [1.54, 1.807) is 23.6 Å². The Kier molecular flexibility index (Phi) is 8.60. The monoisotopic (exact) mass is 501 g/mol. The van der Waals surface area contributed by atoms with Crippen LogP contribution in [0.5, 0.6) is 0 Å². The van der Waals surface area contributed by atoms with Crippen LogP contribution < -0.4 is 11.0 Å². The van der Waals surface area contributed by atoms with E-state index in [9.17, 15) is 19.2 Å². The topological polar surface area (TPSA) is 106 Å². The number of nitrogens with one attached hydrogen (secondary N) is 1. The van der Waals surface area contributed by atoms with Gasteiger partial charge in [0.05, 0.1) is 11.0 Å². The molecule has 2 heterocycles. The third-order valence-electron chi connectivity index (χ3n) is 6.79. The Hall–Kier alpha value is -3.14. The number of benzene rings is 1. The fourth-order valence-corrected chi connectivity index (χ4v) is 4.91. The summed E-state index contributed by atoms with van der Waals surface area (Å²) in [6.45, 7) is 7.85. The van der Waals surface area contributed by atoms with Crippen molar-refractivity contribution in [2.45, 2.75) is 70.7 Å². The molecule has 1 aliphatic rings. The van der Waals surface area contributed by atoms with Crippen LogP contribution in [-0.4, -0.2) is 76.0 Å². The molecule has 2 aromatic rings. The number of likely N-dealkylation sites (N-methyl/N-ethyl adjacent to an activating group) is 1. The third kappa shape index (κ3) is 5.98. The number of amides is 2. The Labute approximate surface area is 212 Å². The summed E-state index contributed by atoms with van der Waals surface area (Å²) in [5.74, 6) is -0.298. The molecular weight excluding hydrogens is 462 g/mol. The lowest BCUT2D eigenvalue weighted by Crippen LogP contribution is -2.46. The van der Waals surface area contributed by atoms with Gasteiger partial charge in [-0.3, -0.25) is 18.8 Å². The number of fused-ring (bicyclic) bond motifs is 1. The first kappa shape index (κ1) is 27.4. The molecule has 36 heavy (non-hydrogen) atoms. The van der Waals surface area contributed by atoms with Gasteiger partial charge in [0.25, 0.3) is 0 Å². The number of aryl methyl sites for hydroxylation is 1. The van der Waals surface area contributed by atoms with Gasteiger partial charge in [-0.2, -0.15) is 0 Å². The van der Waals surface area contributed by atoms with Gasteiger partial charge in [-0.15, -0.1) is 0 Å². The van der Waals surface area contributed by atoms with Crippen molar-refractivity contribution >= 4 is 29.3 Å². The maximum absolute atomic E-state index is 13.2. The van der Waals surface area contributed by atoms with E-state index in [2.05, 4.69) is 10.2 Å². The van der Waals surface area contributed by atoms with Gasteiger partial charge in [0.15, 0.2) is 0 Å². The summed E-state index contributed by atoms with van der Waals surface area (Å²) in [6, 6.07) is 5.11. The number of nitrogens with zero attached hydrogens (tertiary/aromatic N) is 4. The van der Waals surface area contributed by atoms with Crippen molar-refractivity contribution in [3.63, 3.8) is 0 Å². The van der Waals surface area contributed by atoms with Crippen LogP contribution in [0.4, 0.5) is 4.79 Å². The molecule has 1 aromatic carbocycles. The molecule has 1 fully saturated rings. The van der Waals surface area contributed by atoms with Gasteiger partial charge in [0.1, 0.15) is 17.9 Å². The summed E-state index contributed by atoms with van der Waals surface area (Å²) in [5, 5.41) is 2.62. The fourth-order valence-electron chi connectivity index (χ4n) is 4.91. The average Bonchev–Trinajstić information content (AvgIpc) is 3.09. The first-order valence-electron chi connectivity index (χ1n) is 12.5. The number of imidazole rings is 1.